The molecule has 8 heteroatoms. The van der Waals surface area contributed by atoms with Crippen LogP contribution in [-0.2, 0) is 9.59 Å². The van der Waals surface area contributed by atoms with E-state index in [1.165, 1.54) is 16.2 Å². The van der Waals surface area contributed by atoms with Crippen LogP contribution in [0.5, 0.6) is 11.5 Å². The predicted octanol–water partition coefficient (Wildman–Crippen LogP) is 6.81. The lowest BCUT2D eigenvalue weighted by Gasteiger charge is -2.23. The molecule has 0 aliphatic carbocycles. The van der Waals surface area contributed by atoms with Crippen LogP contribution in [0.2, 0.25) is 0 Å². The topological polar surface area (TPSA) is 89.0 Å². The molecule has 1 aromatic heterocycles. The number of methoxy groups -OCH3 is 1. The maximum atomic E-state index is 13.5. The van der Waals surface area contributed by atoms with E-state index in [1.807, 2.05) is 43.3 Å². The molecule has 200 valence electrons. The van der Waals surface area contributed by atoms with E-state index < -0.39 is 17.7 Å². The van der Waals surface area contributed by atoms with Crippen molar-refractivity contribution in [1.82, 2.24) is 4.98 Å². The molecule has 1 unspecified atom stereocenters. The second kappa shape index (κ2) is 11.3. The lowest BCUT2D eigenvalue weighted by molar-refractivity contribution is -0.132. The fourth-order valence-electron chi connectivity index (χ4n) is 4.71. The standard InChI is InChI=1S/C31H30N2O5S/c1-4-5-6-16-38-22-12-10-20(11-13-22)28(34)26-27(21-9-7-8-19(2)17-21)33(30(36)29(26)35)31-32-24-15-14-23(37-3)18-25(24)39-31/h7-15,17-18,27,34H,4-6,16H2,1-3H3/b28-26+. The Labute approximate surface area is 231 Å². The van der Waals surface area contributed by atoms with Crippen LogP contribution in [0.3, 0.4) is 0 Å². The number of Topliss-reactive ketones (excluding diaryl/α,β-unsaturated/α-hetero) is 1. The number of rotatable bonds is 9. The van der Waals surface area contributed by atoms with Gasteiger partial charge < -0.3 is 14.6 Å². The van der Waals surface area contributed by atoms with Gasteiger partial charge in [-0.15, -0.1) is 0 Å². The van der Waals surface area contributed by atoms with Gasteiger partial charge >= 0.3 is 5.91 Å². The zero-order valence-electron chi connectivity index (χ0n) is 22.1. The second-order valence-corrected chi connectivity index (χ2v) is 10.5. The number of ether oxygens (including phenoxy) is 2. The number of hydrogen-bond acceptors (Lipinski definition) is 7. The summed E-state index contributed by atoms with van der Waals surface area (Å²) in [5, 5.41) is 11.8. The Balaban J connectivity index is 1.57. The fraction of sp³-hybridized carbons (Fsp3) is 0.258. The maximum absolute atomic E-state index is 13.5. The van der Waals surface area contributed by atoms with Crippen molar-refractivity contribution in [2.45, 2.75) is 39.2 Å². The Bertz CT molecular complexity index is 1560. The molecule has 39 heavy (non-hydrogen) atoms. The number of amides is 1. The molecule has 7 nitrogen and oxygen atoms in total. The van der Waals surface area contributed by atoms with Crippen molar-refractivity contribution in [3.63, 3.8) is 0 Å². The van der Waals surface area contributed by atoms with Crippen LogP contribution in [0.4, 0.5) is 5.13 Å². The molecule has 1 saturated heterocycles. The predicted molar refractivity (Wildman–Crippen MR) is 154 cm³/mol. The third-order valence-electron chi connectivity index (χ3n) is 6.74. The Hall–Kier alpha value is -4.17. The van der Waals surface area contributed by atoms with Crippen LogP contribution in [0, 0.1) is 6.92 Å². The first-order valence-corrected chi connectivity index (χ1v) is 13.8. The van der Waals surface area contributed by atoms with Gasteiger partial charge in [-0.05, 0) is 61.4 Å². The second-order valence-electron chi connectivity index (χ2n) is 9.49. The van der Waals surface area contributed by atoms with Gasteiger partial charge in [-0.3, -0.25) is 14.5 Å². The van der Waals surface area contributed by atoms with Crippen molar-refractivity contribution >= 4 is 44.1 Å². The number of aromatic nitrogens is 1. The van der Waals surface area contributed by atoms with Crippen LogP contribution in [0.25, 0.3) is 16.0 Å². The van der Waals surface area contributed by atoms with Crippen molar-refractivity contribution in [2.75, 3.05) is 18.6 Å². The number of nitrogens with zero attached hydrogens (tertiary/aromatic N) is 2. The maximum Gasteiger partial charge on any atom is 0.301 e. The summed E-state index contributed by atoms with van der Waals surface area (Å²) in [6.07, 6.45) is 3.18. The lowest BCUT2D eigenvalue weighted by atomic mass is 9.94. The van der Waals surface area contributed by atoms with E-state index in [1.54, 1.807) is 37.4 Å². The van der Waals surface area contributed by atoms with E-state index in [9.17, 15) is 14.7 Å². The van der Waals surface area contributed by atoms with E-state index >= 15 is 0 Å². The third-order valence-corrected chi connectivity index (χ3v) is 7.75. The summed E-state index contributed by atoms with van der Waals surface area (Å²) < 4.78 is 11.9. The molecule has 1 fully saturated rings. The Kier molecular flexibility index (Phi) is 7.65. The van der Waals surface area contributed by atoms with Gasteiger partial charge in [-0.25, -0.2) is 4.98 Å². The van der Waals surface area contributed by atoms with Crippen LogP contribution in [-0.4, -0.2) is 35.5 Å². The Morgan fingerprint density at radius 1 is 1.03 bits per heavy atom. The lowest BCUT2D eigenvalue weighted by Crippen LogP contribution is -2.29. The molecule has 1 amide bonds. The highest BCUT2D eigenvalue weighted by Crippen LogP contribution is 2.44. The zero-order chi connectivity index (χ0) is 27.5. The number of thiazole rings is 1. The molecule has 0 spiro atoms. The Morgan fingerprint density at radius 3 is 2.51 bits per heavy atom. The molecule has 5 rings (SSSR count). The molecule has 0 saturated carbocycles. The monoisotopic (exact) mass is 542 g/mol. The van der Waals surface area contributed by atoms with Gasteiger partial charge in [0.05, 0.1) is 35.5 Å². The number of carbonyl (C=O) groups is 2. The zero-order valence-corrected chi connectivity index (χ0v) is 23.0. The summed E-state index contributed by atoms with van der Waals surface area (Å²) in [5.41, 5.74) is 2.83. The molecular formula is C31H30N2O5S. The van der Waals surface area contributed by atoms with Gasteiger partial charge in [0, 0.05) is 5.56 Å². The summed E-state index contributed by atoms with van der Waals surface area (Å²) >= 11 is 1.30. The molecule has 2 heterocycles. The minimum atomic E-state index is -0.836. The molecule has 0 bridgehead atoms. The van der Waals surface area contributed by atoms with Crippen molar-refractivity contribution in [3.05, 3.63) is 89.0 Å². The van der Waals surface area contributed by atoms with Crippen LogP contribution < -0.4 is 14.4 Å². The number of benzene rings is 3. The SMILES string of the molecule is CCCCCOc1ccc(/C(O)=C2\C(=O)C(=O)N(c3nc4ccc(OC)cc4s3)C2c2cccc(C)c2)cc1. The number of unbranched alkanes of at least 4 members (excludes halogenated alkanes) is 2. The van der Waals surface area contributed by atoms with E-state index in [4.69, 9.17) is 9.47 Å². The van der Waals surface area contributed by atoms with E-state index in [-0.39, 0.29) is 11.3 Å². The molecule has 3 aromatic carbocycles. The number of fused-ring (bicyclic) bond motifs is 1. The van der Waals surface area contributed by atoms with Crippen molar-refractivity contribution in [3.8, 4) is 11.5 Å². The first kappa shape index (κ1) is 26.4. The smallest absolute Gasteiger partial charge is 0.301 e. The van der Waals surface area contributed by atoms with E-state index in [0.29, 0.717) is 39.9 Å². The third kappa shape index (κ3) is 5.25. The highest BCUT2D eigenvalue weighted by atomic mass is 32.1. The number of aliphatic hydroxyl groups excluding tert-OH is 1. The van der Waals surface area contributed by atoms with Gasteiger partial charge in [-0.1, -0.05) is 60.9 Å². The summed E-state index contributed by atoms with van der Waals surface area (Å²) in [6.45, 7) is 4.70. The van der Waals surface area contributed by atoms with E-state index in [0.717, 1.165) is 29.5 Å². The largest absolute Gasteiger partial charge is 0.507 e. The molecule has 1 aliphatic heterocycles. The summed E-state index contributed by atoms with van der Waals surface area (Å²) in [7, 11) is 1.59. The highest BCUT2D eigenvalue weighted by molar-refractivity contribution is 7.22. The van der Waals surface area contributed by atoms with Crippen LogP contribution in [0.1, 0.15) is 48.9 Å². The van der Waals surface area contributed by atoms with E-state index in [2.05, 4.69) is 11.9 Å². The number of aryl methyl sites for hydroxylation is 1. The molecule has 1 N–H and O–H groups in total. The normalized spacial score (nSPS) is 16.7. The van der Waals surface area contributed by atoms with Crippen molar-refractivity contribution in [2.24, 2.45) is 0 Å². The minimum absolute atomic E-state index is 0.0269. The molecule has 0 radical (unpaired) electrons. The summed E-state index contributed by atoms with van der Waals surface area (Å²) in [6, 6.07) is 19.2. The minimum Gasteiger partial charge on any atom is -0.507 e. The molecular weight excluding hydrogens is 512 g/mol. The average Bonchev–Trinajstić information content (AvgIpc) is 3.48. The van der Waals surface area contributed by atoms with Crippen molar-refractivity contribution in [1.29, 1.82) is 0 Å². The Morgan fingerprint density at radius 2 is 1.79 bits per heavy atom. The van der Waals surface area contributed by atoms with Gasteiger partial charge in [0.1, 0.15) is 17.3 Å². The molecule has 4 aromatic rings. The average molecular weight is 543 g/mol. The number of carbonyl (C=O) groups excluding carboxylic acids is 2. The highest BCUT2D eigenvalue weighted by Gasteiger charge is 2.48. The van der Waals surface area contributed by atoms with Gasteiger partial charge in [0.2, 0.25) is 0 Å². The summed E-state index contributed by atoms with van der Waals surface area (Å²) in [5.74, 6) is -0.362. The number of hydrogen-bond donors (Lipinski definition) is 1. The number of aliphatic hydroxyl groups is 1. The van der Waals surface area contributed by atoms with Gasteiger partial charge in [0.15, 0.2) is 5.13 Å². The van der Waals surface area contributed by atoms with Crippen molar-refractivity contribution < 1.29 is 24.2 Å². The number of ketones is 1. The quantitative estimate of drug-likeness (QED) is 0.108. The summed E-state index contributed by atoms with van der Waals surface area (Å²) in [4.78, 5) is 33.0. The first-order chi connectivity index (χ1) is 18.9. The van der Waals surface area contributed by atoms with Gasteiger partial charge in [0.25, 0.3) is 5.78 Å². The van der Waals surface area contributed by atoms with Crippen LogP contribution in [0.15, 0.2) is 72.3 Å². The fourth-order valence-corrected chi connectivity index (χ4v) is 5.74. The molecule has 1 aliphatic rings. The first-order valence-electron chi connectivity index (χ1n) is 13.0. The number of anilines is 1. The molecule has 1 atom stereocenters. The van der Waals surface area contributed by atoms with Gasteiger partial charge in [-0.2, -0.15) is 0 Å². The van der Waals surface area contributed by atoms with Crippen LogP contribution >= 0.6 is 11.3 Å².